The fourth-order valence-electron chi connectivity index (χ4n) is 0.798. The van der Waals surface area contributed by atoms with E-state index in [1.807, 2.05) is 6.07 Å². The Morgan fingerprint density at radius 3 is 2.67 bits per heavy atom. The second-order valence-electron chi connectivity index (χ2n) is 2.28. The zero-order valence-corrected chi connectivity index (χ0v) is 10.7. The molecule has 0 unspecified atom stereocenters. The van der Waals surface area contributed by atoms with Gasteiger partial charge in [-0.25, -0.2) is 0 Å². The lowest BCUT2D eigenvalue weighted by Crippen LogP contribution is -1.94. The van der Waals surface area contributed by atoms with Crippen molar-refractivity contribution in [2.24, 2.45) is 0 Å². The van der Waals surface area contributed by atoms with E-state index in [4.69, 9.17) is 11.6 Å². The topological polar surface area (TPSA) is 17.1 Å². The van der Waals surface area contributed by atoms with Crippen molar-refractivity contribution in [2.75, 3.05) is 0 Å². The van der Waals surface area contributed by atoms with Crippen LogP contribution in [0.1, 0.15) is 17.3 Å². The van der Waals surface area contributed by atoms with E-state index in [2.05, 4.69) is 38.5 Å². The van der Waals surface area contributed by atoms with E-state index < -0.39 is 0 Å². The van der Waals surface area contributed by atoms with Crippen LogP contribution in [0.2, 0.25) is 5.02 Å². The molecule has 1 aromatic rings. The summed E-state index contributed by atoms with van der Waals surface area (Å²) in [4.78, 5) is 11.0. The van der Waals surface area contributed by atoms with Gasteiger partial charge in [0.15, 0.2) is 5.78 Å². The molecule has 0 saturated heterocycles. The van der Waals surface area contributed by atoms with E-state index in [1.54, 1.807) is 6.07 Å². The van der Waals surface area contributed by atoms with Crippen molar-refractivity contribution >= 4 is 55.9 Å². The van der Waals surface area contributed by atoms with E-state index in [9.17, 15) is 4.79 Å². The number of carbonyl (C=O) groups excluding carboxylic acids is 1. The Hall–Kier alpha value is 0.390. The Kier molecular flexibility index (Phi) is 3.55. The van der Waals surface area contributed by atoms with Crippen LogP contribution in [0.4, 0.5) is 0 Å². The highest BCUT2D eigenvalue weighted by molar-refractivity contribution is 14.1. The first-order valence-corrected chi connectivity index (χ1v) is 5.43. The molecule has 0 bridgehead atoms. The lowest BCUT2D eigenvalue weighted by atomic mass is 10.1. The fraction of sp³-hybridized carbons (Fsp3) is 0.125. The predicted octanol–water partition coefficient (Wildman–Crippen LogP) is 3.91. The number of hydrogen-bond donors (Lipinski definition) is 0. The van der Waals surface area contributed by atoms with Crippen LogP contribution in [-0.4, -0.2) is 5.78 Å². The molecule has 0 aliphatic carbocycles. The van der Waals surface area contributed by atoms with Gasteiger partial charge < -0.3 is 0 Å². The van der Waals surface area contributed by atoms with Crippen LogP contribution in [0.5, 0.6) is 0 Å². The molecule has 0 aromatic heterocycles. The quantitative estimate of drug-likeness (QED) is 0.422. The highest BCUT2D eigenvalue weighted by Crippen LogP contribution is 2.30. The molecule has 1 aromatic carbocycles. The summed E-state index contributed by atoms with van der Waals surface area (Å²) < 4.78 is 1.62. The second kappa shape index (κ2) is 4.07. The van der Waals surface area contributed by atoms with Crippen molar-refractivity contribution < 1.29 is 4.79 Å². The molecule has 0 aliphatic rings. The Labute approximate surface area is 97.8 Å². The monoisotopic (exact) mass is 358 g/mol. The molecular formula is C8H5BrClIO. The van der Waals surface area contributed by atoms with Crippen LogP contribution in [0.15, 0.2) is 16.6 Å². The van der Waals surface area contributed by atoms with Gasteiger partial charge in [-0.05, 0) is 57.6 Å². The number of Topliss-reactive ketones (excluding diaryl/α,β-unsaturated/α-hetero) is 1. The van der Waals surface area contributed by atoms with E-state index in [-0.39, 0.29) is 5.78 Å². The van der Waals surface area contributed by atoms with Crippen molar-refractivity contribution in [3.63, 3.8) is 0 Å². The number of benzene rings is 1. The summed E-state index contributed by atoms with van der Waals surface area (Å²) in [6.45, 7) is 1.52. The average molecular weight is 359 g/mol. The molecule has 0 aliphatic heterocycles. The van der Waals surface area contributed by atoms with Gasteiger partial charge in [-0.15, -0.1) is 0 Å². The molecule has 1 nitrogen and oxygen atoms in total. The van der Waals surface area contributed by atoms with E-state index in [0.717, 1.165) is 3.57 Å². The molecule has 0 radical (unpaired) electrons. The Morgan fingerprint density at radius 2 is 2.17 bits per heavy atom. The van der Waals surface area contributed by atoms with E-state index >= 15 is 0 Å². The molecular weight excluding hydrogens is 354 g/mol. The Morgan fingerprint density at radius 1 is 1.58 bits per heavy atom. The normalized spacial score (nSPS) is 10.0. The highest BCUT2D eigenvalue weighted by Gasteiger charge is 2.10. The van der Waals surface area contributed by atoms with E-state index in [0.29, 0.717) is 15.1 Å². The predicted molar refractivity (Wildman–Crippen MR) is 61.9 cm³/mol. The standard InChI is InChI=1S/C8H5BrClIO/c1-4(12)5-2-3-6(11)8(10)7(5)9/h2-3H,1H3. The second-order valence-corrected chi connectivity index (χ2v) is 4.61. The third-order valence-electron chi connectivity index (χ3n) is 1.41. The summed E-state index contributed by atoms with van der Waals surface area (Å²) in [6.07, 6.45) is 0. The molecule has 0 heterocycles. The SMILES string of the molecule is CC(=O)c1ccc(I)c(Cl)c1Br. The maximum Gasteiger partial charge on any atom is 0.160 e. The van der Waals surface area contributed by atoms with Gasteiger partial charge in [0.2, 0.25) is 0 Å². The Balaban J connectivity index is 3.36. The van der Waals surface area contributed by atoms with Crippen molar-refractivity contribution in [1.29, 1.82) is 0 Å². The molecule has 12 heavy (non-hydrogen) atoms. The molecule has 0 saturated carbocycles. The number of carbonyl (C=O) groups is 1. The molecule has 0 atom stereocenters. The first-order valence-electron chi connectivity index (χ1n) is 3.18. The molecule has 64 valence electrons. The van der Waals surface area contributed by atoms with Crippen LogP contribution in [0, 0.1) is 3.57 Å². The first-order chi connectivity index (χ1) is 5.54. The lowest BCUT2D eigenvalue weighted by molar-refractivity contribution is 0.101. The highest BCUT2D eigenvalue weighted by atomic mass is 127. The van der Waals surface area contributed by atoms with Gasteiger partial charge in [-0.1, -0.05) is 11.6 Å². The maximum atomic E-state index is 11.0. The van der Waals surface area contributed by atoms with Gasteiger partial charge in [0.05, 0.1) is 5.02 Å². The van der Waals surface area contributed by atoms with Gasteiger partial charge >= 0.3 is 0 Å². The zero-order chi connectivity index (χ0) is 9.30. The third kappa shape index (κ3) is 2.00. The Bertz CT molecular complexity index is 338. The van der Waals surface area contributed by atoms with E-state index in [1.165, 1.54) is 6.92 Å². The first kappa shape index (κ1) is 10.5. The summed E-state index contributed by atoms with van der Waals surface area (Å²) in [7, 11) is 0. The summed E-state index contributed by atoms with van der Waals surface area (Å²) in [5.74, 6) is 0.0141. The van der Waals surface area contributed by atoms with Crippen molar-refractivity contribution in [1.82, 2.24) is 0 Å². The van der Waals surface area contributed by atoms with Crippen LogP contribution in [-0.2, 0) is 0 Å². The minimum absolute atomic E-state index is 0.0141. The maximum absolute atomic E-state index is 11.0. The largest absolute Gasteiger partial charge is 0.294 e. The van der Waals surface area contributed by atoms with Gasteiger partial charge in [0.25, 0.3) is 0 Å². The molecule has 1 rings (SSSR count). The number of hydrogen-bond acceptors (Lipinski definition) is 1. The van der Waals surface area contributed by atoms with Crippen molar-refractivity contribution in [3.05, 3.63) is 30.8 Å². The molecule has 0 spiro atoms. The van der Waals surface area contributed by atoms with Gasteiger partial charge in [-0.3, -0.25) is 4.79 Å². The fourth-order valence-corrected chi connectivity index (χ4v) is 2.41. The van der Waals surface area contributed by atoms with Crippen LogP contribution in [0.3, 0.4) is 0 Å². The zero-order valence-electron chi connectivity index (χ0n) is 6.20. The molecule has 0 fully saturated rings. The number of halogens is 3. The summed E-state index contributed by atoms with van der Waals surface area (Å²) in [5, 5.41) is 0.600. The van der Waals surface area contributed by atoms with Crippen LogP contribution < -0.4 is 0 Å². The van der Waals surface area contributed by atoms with Gasteiger partial charge in [0, 0.05) is 13.6 Å². The van der Waals surface area contributed by atoms with Crippen LogP contribution in [0.25, 0.3) is 0 Å². The lowest BCUT2D eigenvalue weighted by Gasteiger charge is -2.03. The molecule has 0 N–H and O–H groups in total. The molecule has 0 amide bonds. The smallest absolute Gasteiger partial charge is 0.160 e. The summed E-state index contributed by atoms with van der Waals surface area (Å²) in [5.41, 5.74) is 0.625. The summed E-state index contributed by atoms with van der Waals surface area (Å²) in [6, 6.07) is 3.59. The van der Waals surface area contributed by atoms with Gasteiger partial charge in [-0.2, -0.15) is 0 Å². The third-order valence-corrected chi connectivity index (χ3v) is 4.08. The average Bonchev–Trinajstić information content (AvgIpc) is 2.00. The summed E-state index contributed by atoms with van der Waals surface area (Å²) >= 11 is 11.3. The van der Waals surface area contributed by atoms with Crippen molar-refractivity contribution in [3.8, 4) is 0 Å². The van der Waals surface area contributed by atoms with Crippen molar-refractivity contribution in [2.45, 2.75) is 6.92 Å². The molecule has 4 heteroatoms. The number of rotatable bonds is 1. The minimum Gasteiger partial charge on any atom is -0.294 e. The van der Waals surface area contributed by atoms with Gasteiger partial charge in [0.1, 0.15) is 0 Å². The number of ketones is 1. The van der Waals surface area contributed by atoms with Crippen LogP contribution >= 0.6 is 50.1 Å². The minimum atomic E-state index is 0.0141.